The molecule has 0 aromatic carbocycles. The highest BCUT2D eigenvalue weighted by atomic mass is 16.5. The Labute approximate surface area is 98.4 Å². The molecule has 0 aliphatic rings. The molecule has 16 heavy (non-hydrogen) atoms. The second-order valence-corrected chi connectivity index (χ2v) is 4.48. The molecule has 0 rings (SSSR count). The molecule has 3 atom stereocenters. The maximum absolute atomic E-state index is 11.5. The number of ether oxygens (including phenoxy) is 1. The van der Waals surface area contributed by atoms with E-state index in [0.29, 0.717) is 6.61 Å². The largest absolute Gasteiger partial charge is 0.388 e. The van der Waals surface area contributed by atoms with Crippen molar-refractivity contribution in [3.8, 4) is 0 Å². The van der Waals surface area contributed by atoms with Gasteiger partial charge in [-0.1, -0.05) is 20.3 Å². The lowest BCUT2D eigenvalue weighted by atomic mass is 9.88. The molecule has 0 fully saturated rings. The third-order valence-corrected chi connectivity index (χ3v) is 3.08. The number of hydrogen-bond donors (Lipinski definition) is 2. The van der Waals surface area contributed by atoms with Crippen molar-refractivity contribution < 1.29 is 14.6 Å². The highest BCUT2D eigenvalue weighted by Gasteiger charge is 2.28. The minimum Gasteiger partial charge on any atom is -0.388 e. The van der Waals surface area contributed by atoms with E-state index in [9.17, 15) is 9.90 Å². The number of nitrogens with one attached hydrogen (secondary N) is 1. The van der Waals surface area contributed by atoms with Gasteiger partial charge in [0.25, 0.3) is 0 Å². The molecule has 3 unspecified atom stereocenters. The fourth-order valence-electron chi connectivity index (χ4n) is 1.35. The molecule has 96 valence electrons. The third kappa shape index (κ3) is 4.94. The zero-order chi connectivity index (χ0) is 12.8. The van der Waals surface area contributed by atoms with E-state index in [1.54, 1.807) is 13.8 Å². The fraction of sp³-hybridized carbons (Fsp3) is 0.917. The van der Waals surface area contributed by atoms with Crippen LogP contribution in [-0.4, -0.2) is 35.9 Å². The summed E-state index contributed by atoms with van der Waals surface area (Å²) in [6.45, 7) is 10.1. The number of carbonyl (C=O) groups is 1. The van der Waals surface area contributed by atoms with Gasteiger partial charge in [-0.15, -0.1) is 0 Å². The third-order valence-electron chi connectivity index (χ3n) is 3.08. The molecular weight excluding hydrogens is 206 g/mol. The van der Waals surface area contributed by atoms with Gasteiger partial charge >= 0.3 is 0 Å². The van der Waals surface area contributed by atoms with Crippen LogP contribution in [0.1, 0.15) is 41.0 Å². The molecule has 0 radical (unpaired) electrons. The van der Waals surface area contributed by atoms with Gasteiger partial charge in [-0.05, 0) is 26.7 Å². The number of rotatable bonds is 7. The molecule has 0 saturated carbocycles. The molecule has 0 aromatic heterocycles. The van der Waals surface area contributed by atoms with Crippen LogP contribution in [0, 0.1) is 5.92 Å². The van der Waals surface area contributed by atoms with Crippen LogP contribution in [0.5, 0.6) is 0 Å². The van der Waals surface area contributed by atoms with E-state index >= 15 is 0 Å². The first-order chi connectivity index (χ1) is 7.35. The van der Waals surface area contributed by atoms with Crippen LogP contribution in [0.25, 0.3) is 0 Å². The molecule has 4 nitrogen and oxygen atoms in total. The Hall–Kier alpha value is -0.610. The van der Waals surface area contributed by atoms with Gasteiger partial charge in [-0.3, -0.25) is 4.79 Å². The van der Waals surface area contributed by atoms with Crippen molar-refractivity contribution in [3.63, 3.8) is 0 Å². The molecule has 0 saturated heterocycles. The fourth-order valence-corrected chi connectivity index (χ4v) is 1.35. The predicted molar refractivity (Wildman–Crippen MR) is 64.2 cm³/mol. The summed E-state index contributed by atoms with van der Waals surface area (Å²) in [5.41, 5.74) is -0.865. The van der Waals surface area contributed by atoms with E-state index in [-0.39, 0.29) is 18.4 Å². The van der Waals surface area contributed by atoms with Crippen LogP contribution in [-0.2, 0) is 9.53 Å². The lowest BCUT2D eigenvalue weighted by Gasteiger charge is -2.30. The quantitative estimate of drug-likeness (QED) is 0.695. The summed E-state index contributed by atoms with van der Waals surface area (Å²) >= 11 is 0. The van der Waals surface area contributed by atoms with E-state index in [1.165, 1.54) is 0 Å². The Morgan fingerprint density at radius 1 is 1.44 bits per heavy atom. The summed E-state index contributed by atoms with van der Waals surface area (Å²) in [5.74, 6) is -0.0272. The van der Waals surface area contributed by atoms with Crippen molar-refractivity contribution in [2.75, 3.05) is 13.2 Å². The van der Waals surface area contributed by atoms with E-state index < -0.39 is 11.7 Å². The first kappa shape index (κ1) is 15.4. The number of aliphatic hydroxyl groups is 1. The first-order valence-corrected chi connectivity index (χ1v) is 5.96. The van der Waals surface area contributed by atoms with E-state index in [4.69, 9.17) is 4.74 Å². The Bertz CT molecular complexity index is 216. The van der Waals surface area contributed by atoms with Gasteiger partial charge in [0.15, 0.2) is 0 Å². The second kappa shape index (κ2) is 6.86. The van der Waals surface area contributed by atoms with Crippen molar-refractivity contribution in [2.24, 2.45) is 5.92 Å². The van der Waals surface area contributed by atoms with Crippen molar-refractivity contribution >= 4 is 5.91 Å². The Balaban J connectivity index is 4.08. The number of amides is 1. The minimum atomic E-state index is -0.865. The zero-order valence-electron chi connectivity index (χ0n) is 11.0. The average Bonchev–Trinajstić information content (AvgIpc) is 2.25. The molecule has 0 spiro atoms. The SMILES string of the molecule is CCOC(C)C(=O)NCC(C)(O)C(C)CC. The topological polar surface area (TPSA) is 58.6 Å². The summed E-state index contributed by atoms with van der Waals surface area (Å²) in [6, 6.07) is 0. The zero-order valence-corrected chi connectivity index (χ0v) is 11.0. The van der Waals surface area contributed by atoms with Gasteiger partial charge in [0.2, 0.25) is 5.91 Å². The maximum atomic E-state index is 11.5. The summed E-state index contributed by atoms with van der Waals surface area (Å²) in [7, 11) is 0. The minimum absolute atomic E-state index is 0.148. The van der Waals surface area contributed by atoms with Crippen LogP contribution >= 0.6 is 0 Å². The molecule has 0 aliphatic heterocycles. The van der Waals surface area contributed by atoms with Crippen LogP contribution < -0.4 is 5.32 Å². The van der Waals surface area contributed by atoms with Crippen molar-refractivity contribution in [1.82, 2.24) is 5.32 Å². The molecule has 0 bridgehead atoms. The number of carbonyl (C=O) groups excluding carboxylic acids is 1. The second-order valence-electron chi connectivity index (χ2n) is 4.48. The van der Waals surface area contributed by atoms with E-state index in [1.807, 2.05) is 20.8 Å². The molecule has 2 N–H and O–H groups in total. The van der Waals surface area contributed by atoms with E-state index in [0.717, 1.165) is 6.42 Å². The van der Waals surface area contributed by atoms with Gasteiger partial charge in [-0.2, -0.15) is 0 Å². The Morgan fingerprint density at radius 2 is 2.00 bits per heavy atom. The summed E-state index contributed by atoms with van der Waals surface area (Å²) in [4.78, 5) is 11.5. The average molecular weight is 231 g/mol. The van der Waals surface area contributed by atoms with Gasteiger partial charge < -0.3 is 15.2 Å². The predicted octanol–water partition coefficient (Wildman–Crippen LogP) is 1.32. The van der Waals surface area contributed by atoms with Crippen LogP contribution in [0.4, 0.5) is 0 Å². The molecule has 0 aliphatic carbocycles. The van der Waals surface area contributed by atoms with Crippen molar-refractivity contribution in [1.29, 1.82) is 0 Å². The van der Waals surface area contributed by atoms with Gasteiger partial charge in [0.05, 0.1) is 5.60 Å². The van der Waals surface area contributed by atoms with Gasteiger partial charge in [0, 0.05) is 13.2 Å². The van der Waals surface area contributed by atoms with Gasteiger partial charge in [0.1, 0.15) is 6.10 Å². The maximum Gasteiger partial charge on any atom is 0.248 e. The standard InChI is InChI=1S/C12H25NO3/c1-6-9(3)12(5,15)8-13-11(14)10(4)16-7-2/h9-10,15H,6-8H2,1-5H3,(H,13,14). The molecule has 4 heteroatoms. The smallest absolute Gasteiger partial charge is 0.248 e. The lowest BCUT2D eigenvalue weighted by molar-refractivity contribution is -0.133. The Kier molecular flexibility index (Phi) is 6.60. The monoisotopic (exact) mass is 231 g/mol. The van der Waals surface area contributed by atoms with Crippen molar-refractivity contribution in [3.05, 3.63) is 0 Å². The Morgan fingerprint density at radius 3 is 2.44 bits per heavy atom. The first-order valence-electron chi connectivity index (χ1n) is 5.96. The molecule has 0 heterocycles. The summed E-state index contributed by atoms with van der Waals surface area (Å²) < 4.78 is 5.16. The molecule has 1 amide bonds. The van der Waals surface area contributed by atoms with E-state index in [2.05, 4.69) is 5.32 Å². The van der Waals surface area contributed by atoms with Crippen LogP contribution in [0.3, 0.4) is 0 Å². The van der Waals surface area contributed by atoms with Crippen LogP contribution in [0.15, 0.2) is 0 Å². The summed E-state index contributed by atoms with van der Waals surface area (Å²) in [5, 5.41) is 12.8. The molecular formula is C12H25NO3. The summed E-state index contributed by atoms with van der Waals surface area (Å²) in [6.07, 6.45) is 0.418. The van der Waals surface area contributed by atoms with Crippen molar-refractivity contribution in [2.45, 2.75) is 52.7 Å². The van der Waals surface area contributed by atoms with Crippen LogP contribution in [0.2, 0.25) is 0 Å². The van der Waals surface area contributed by atoms with Gasteiger partial charge in [-0.25, -0.2) is 0 Å². The highest BCUT2D eigenvalue weighted by Crippen LogP contribution is 2.18. The highest BCUT2D eigenvalue weighted by molar-refractivity contribution is 5.80. The molecule has 0 aromatic rings. The lowest BCUT2D eigenvalue weighted by Crippen LogP contribution is -2.47. The normalized spacial score (nSPS) is 18.6. The number of hydrogen-bond acceptors (Lipinski definition) is 3.